The second-order valence-corrected chi connectivity index (χ2v) is 5.33. The Morgan fingerprint density at radius 3 is 3.09 bits per heavy atom. The molecule has 1 aliphatic rings. The molecule has 1 atom stereocenters. The summed E-state index contributed by atoms with van der Waals surface area (Å²) in [5.41, 5.74) is 0.887. The van der Waals surface area contributed by atoms with E-state index in [1.54, 1.807) is 6.20 Å². The molecule has 1 aromatic heterocycles. The first-order chi connectivity index (χ1) is 10.7. The smallest absolute Gasteiger partial charge is 0.317 e. The van der Waals surface area contributed by atoms with Crippen LogP contribution in [0.5, 0.6) is 5.88 Å². The fourth-order valence-corrected chi connectivity index (χ4v) is 2.50. The zero-order chi connectivity index (χ0) is 15.8. The molecule has 0 saturated carbocycles. The van der Waals surface area contributed by atoms with Gasteiger partial charge < -0.3 is 19.7 Å². The van der Waals surface area contributed by atoms with Gasteiger partial charge in [-0.3, -0.25) is 0 Å². The second-order valence-electron chi connectivity index (χ2n) is 5.33. The summed E-state index contributed by atoms with van der Waals surface area (Å²) < 4.78 is 10.8. The van der Waals surface area contributed by atoms with Crippen LogP contribution in [0.15, 0.2) is 18.3 Å². The van der Waals surface area contributed by atoms with Crippen molar-refractivity contribution in [3.05, 3.63) is 23.9 Å². The lowest BCUT2D eigenvalue weighted by molar-refractivity contribution is 0.166. The lowest BCUT2D eigenvalue weighted by atomic mass is 10.1. The number of hydrogen-bond acceptors (Lipinski definition) is 4. The monoisotopic (exact) mass is 307 g/mol. The van der Waals surface area contributed by atoms with Crippen molar-refractivity contribution in [1.82, 2.24) is 15.2 Å². The summed E-state index contributed by atoms with van der Waals surface area (Å²) in [4.78, 5) is 18.3. The zero-order valence-electron chi connectivity index (χ0n) is 13.4. The normalized spacial score (nSPS) is 17.3. The van der Waals surface area contributed by atoms with E-state index in [1.165, 1.54) is 0 Å². The van der Waals surface area contributed by atoms with Crippen LogP contribution < -0.4 is 10.1 Å². The Labute approximate surface area is 131 Å². The van der Waals surface area contributed by atoms with Crippen molar-refractivity contribution in [3.63, 3.8) is 0 Å². The fraction of sp³-hybridized carbons (Fsp3) is 0.625. The third-order valence-electron chi connectivity index (χ3n) is 3.73. The van der Waals surface area contributed by atoms with Crippen molar-refractivity contribution in [3.8, 4) is 5.88 Å². The molecule has 22 heavy (non-hydrogen) atoms. The number of urea groups is 1. The summed E-state index contributed by atoms with van der Waals surface area (Å²) in [5.74, 6) is 1.03. The molecule has 2 amide bonds. The first kappa shape index (κ1) is 16.5. The van der Waals surface area contributed by atoms with Crippen molar-refractivity contribution < 1.29 is 14.3 Å². The van der Waals surface area contributed by atoms with Crippen molar-refractivity contribution in [2.45, 2.75) is 26.8 Å². The maximum Gasteiger partial charge on any atom is 0.317 e. The molecule has 2 rings (SSSR count). The number of nitrogens with zero attached hydrogens (tertiary/aromatic N) is 2. The van der Waals surface area contributed by atoms with Crippen molar-refractivity contribution in [2.24, 2.45) is 5.92 Å². The van der Waals surface area contributed by atoms with E-state index in [0.29, 0.717) is 31.5 Å². The molecule has 1 N–H and O–H groups in total. The van der Waals surface area contributed by atoms with E-state index in [9.17, 15) is 4.79 Å². The van der Waals surface area contributed by atoms with Gasteiger partial charge in [-0.1, -0.05) is 6.07 Å². The summed E-state index contributed by atoms with van der Waals surface area (Å²) in [6, 6.07) is 3.71. The molecule has 122 valence electrons. The molecular formula is C16H25N3O3. The van der Waals surface area contributed by atoms with Crippen LogP contribution in [-0.2, 0) is 11.3 Å². The van der Waals surface area contributed by atoms with Gasteiger partial charge in [-0.2, -0.15) is 0 Å². The van der Waals surface area contributed by atoms with Gasteiger partial charge in [-0.15, -0.1) is 0 Å². The highest BCUT2D eigenvalue weighted by Crippen LogP contribution is 2.15. The van der Waals surface area contributed by atoms with Gasteiger partial charge in [0.2, 0.25) is 5.88 Å². The van der Waals surface area contributed by atoms with E-state index < -0.39 is 0 Å². The Hall–Kier alpha value is -1.82. The molecule has 0 aromatic carbocycles. The van der Waals surface area contributed by atoms with Gasteiger partial charge in [0, 0.05) is 43.9 Å². The van der Waals surface area contributed by atoms with Crippen molar-refractivity contribution >= 4 is 6.03 Å². The van der Waals surface area contributed by atoms with E-state index in [4.69, 9.17) is 9.47 Å². The quantitative estimate of drug-likeness (QED) is 0.837. The van der Waals surface area contributed by atoms with Crippen LogP contribution >= 0.6 is 0 Å². The number of carbonyl (C=O) groups is 1. The first-order valence-electron chi connectivity index (χ1n) is 7.91. The minimum atomic E-state index is -0.0549. The van der Waals surface area contributed by atoms with Crippen LogP contribution in [0.4, 0.5) is 4.79 Å². The summed E-state index contributed by atoms with van der Waals surface area (Å²) in [7, 11) is 0. The number of nitrogens with one attached hydrogen (secondary N) is 1. The molecule has 0 bridgehead atoms. The Morgan fingerprint density at radius 2 is 2.41 bits per heavy atom. The van der Waals surface area contributed by atoms with Gasteiger partial charge in [-0.05, 0) is 26.3 Å². The average molecular weight is 307 g/mol. The topological polar surface area (TPSA) is 63.7 Å². The van der Waals surface area contributed by atoms with Gasteiger partial charge in [0.05, 0.1) is 13.2 Å². The van der Waals surface area contributed by atoms with Gasteiger partial charge in [0.1, 0.15) is 0 Å². The summed E-state index contributed by atoms with van der Waals surface area (Å²) in [6.07, 6.45) is 2.72. The highest BCUT2D eigenvalue weighted by Gasteiger charge is 2.21. The lowest BCUT2D eigenvalue weighted by Gasteiger charge is -2.24. The van der Waals surface area contributed by atoms with E-state index in [2.05, 4.69) is 10.3 Å². The average Bonchev–Trinajstić information content (AvgIpc) is 3.05. The first-order valence-corrected chi connectivity index (χ1v) is 7.91. The highest BCUT2D eigenvalue weighted by atomic mass is 16.5. The van der Waals surface area contributed by atoms with Gasteiger partial charge >= 0.3 is 6.03 Å². The molecule has 2 heterocycles. The minimum absolute atomic E-state index is 0.0549. The maximum atomic E-state index is 12.3. The Kier molecular flexibility index (Phi) is 6.45. The summed E-state index contributed by atoms with van der Waals surface area (Å²) in [6.45, 7) is 7.87. The second kappa shape index (κ2) is 8.58. The molecule has 6 nitrogen and oxygen atoms in total. The van der Waals surface area contributed by atoms with Gasteiger partial charge in [-0.25, -0.2) is 9.78 Å². The molecule has 6 heteroatoms. The van der Waals surface area contributed by atoms with Crippen LogP contribution in [0.3, 0.4) is 0 Å². The Morgan fingerprint density at radius 1 is 1.55 bits per heavy atom. The largest absolute Gasteiger partial charge is 0.478 e. The molecule has 0 unspecified atom stereocenters. The SMILES string of the molecule is CCOc1ncccc1CNC(=O)N(CC)C[C@@H]1CCOC1. The number of pyridine rings is 1. The van der Waals surface area contributed by atoms with E-state index >= 15 is 0 Å². The van der Waals surface area contributed by atoms with Crippen LogP contribution in [-0.4, -0.2) is 48.8 Å². The van der Waals surface area contributed by atoms with Crippen LogP contribution in [0.2, 0.25) is 0 Å². The third-order valence-corrected chi connectivity index (χ3v) is 3.73. The molecule has 1 aliphatic heterocycles. The number of aromatic nitrogens is 1. The fourth-order valence-electron chi connectivity index (χ4n) is 2.50. The highest BCUT2D eigenvalue weighted by molar-refractivity contribution is 5.74. The maximum absolute atomic E-state index is 12.3. The van der Waals surface area contributed by atoms with Crippen LogP contribution in [0, 0.1) is 5.92 Å². The zero-order valence-corrected chi connectivity index (χ0v) is 13.4. The summed E-state index contributed by atoms with van der Waals surface area (Å²) >= 11 is 0. The summed E-state index contributed by atoms with van der Waals surface area (Å²) in [5, 5.41) is 2.95. The molecule has 0 aliphatic carbocycles. The molecule has 0 radical (unpaired) electrons. The number of rotatable bonds is 7. The Bertz CT molecular complexity index is 475. The standard InChI is InChI=1S/C16H25N3O3/c1-3-19(11-13-7-9-21-12-13)16(20)18-10-14-6-5-8-17-15(14)22-4-2/h5-6,8,13H,3-4,7,9-12H2,1-2H3,(H,18,20)/t13-/m0/s1. The number of hydrogen-bond donors (Lipinski definition) is 1. The molecule has 0 spiro atoms. The molecule has 1 fully saturated rings. The lowest BCUT2D eigenvalue weighted by Crippen LogP contribution is -2.42. The Balaban J connectivity index is 1.87. The minimum Gasteiger partial charge on any atom is -0.478 e. The van der Waals surface area contributed by atoms with Gasteiger partial charge in [0.25, 0.3) is 0 Å². The number of amides is 2. The molecule has 1 saturated heterocycles. The van der Waals surface area contributed by atoms with E-state index in [-0.39, 0.29) is 6.03 Å². The number of carbonyl (C=O) groups excluding carboxylic acids is 1. The predicted molar refractivity (Wildman–Crippen MR) is 83.8 cm³/mol. The van der Waals surface area contributed by atoms with E-state index in [1.807, 2.05) is 30.9 Å². The number of ether oxygens (including phenoxy) is 2. The van der Waals surface area contributed by atoms with Crippen LogP contribution in [0.1, 0.15) is 25.8 Å². The van der Waals surface area contributed by atoms with Crippen molar-refractivity contribution in [1.29, 1.82) is 0 Å². The van der Waals surface area contributed by atoms with E-state index in [0.717, 1.165) is 31.7 Å². The molecule has 1 aromatic rings. The van der Waals surface area contributed by atoms with Gasteiger partial charge in [0.15, 0.2) is 0 Å². The third kappa shape index (κ3) is 4.59. The van der Waals surface area contributed by atoms with Crippen molar-refractivity contribution in [2.75, 3.05) is 32.9 Å². The van der Waals surface area contributed by atoms with Crippen LogP contribution in [0.25, 0.3) is 0 Å². The predicted octanol–water partition coefficient (Wildman–Crippen LogP) is 2.05. The molecular weight excluding hydrogens is 282 g/mol.